The third kappa shape index (κ3) is 3.53. The van der Waals surface area contributed by atoms with Gasteiger partial charge in [0.25, 0.3) is 0 Å². The van der Waals surface area contributed by atoms with E-state index in [1.807, 2.05) is 12.4 Å². The Morgan fingerprint density at radius 1 is 1.42 bits per heavy atom. The molecule has 0 aromatic carbocycles. The predicted octanol–water partition coefficient (Wildman–Crippen LogP) is 1.97. The summed E-state index contributed by atoms with van der Waals surface area (Å²) < 4.78 is 5.97. The number of rotatable bonds is 3. The zero-order valence-electron chi connectivity index (χ0n) is 12.3. The Morgan fingerprint density at radius 3 is 2.58 bits per heavy atom. The lowest BCUT2D eigenvalue weighted by Crippen LogP contribution is -2.55. The van der Waals surface area contributed by atoms with E-state index in [1.54, 1.807) is 0 Å². The van der Waals surface area contributed by atoms with Crippen LogP contribution in [0, 0.1) is 0 Å². The van der Waals surface area contributed by atoms with Crippen molar-refractivity contribution in [1.29, 1.82) is 0 Å². The number of morpholine rings is 1. The summed E-state index contributed by atoms with van der Waals surface area (Å²) in [5.74, 6) is 0. The average Bonchev–Trinajstić information content (AvgIpc) is 2.27. The molecule has 106 valence electrons. The van der Waals surface area contributed by atoms with Crippen molar-refractivity contribution >= 4 is 0 Å². The smallest absolute Gasteiger partial charge is 0.0757 e. The van der Waals surface area contributed by atoms with E-state index in [0.29, 0.717) is 0 Å². The maximum Gasteiger partial charge on any atom is 0.0757 e. The van der Waals surface area contributed by atoms with Crippen LogP contribution in [0.2, 0.25) is 0 Å². The van der Waals surface area contributed by atoms with Crippen molar-refractivity contribution in [2.45, 2.75) is 51.5 Å². The first-order valence-corrected chi connectivity index (χ1v) is 6.96. The Balaban J connectivity index is 2.25. The van der Waals surface area contributed by atoms with E-state index in [4.69, 9.17) is 10.5 Å². The molecule has 0 spiro atoms. The molecule has 1 aromatic heterocycles. The van der Waals surface area contributed by atoms with Crippen LogP contribution in [0.4, 0.5) is 0 Å². The van der Waals surface area contributed by atoms with Crippen LogP contribution in [0.1, 0.15) is 39.3 Å². The fourth-order valence-electron chi connectivity index (χ4n) is 3.12. The average molecular weight is 263 g/mol. The minimum atomic E-state index is -0.127. The van der Waals surface area contributed by atoms with Gasteiger partial charge in [0.05, 0.1) is 11.7 Å². The van der Waals surface area contributed by atoms with Crippen molar-refractivity contribution < 1.29 is 4.74 Å². The SMILES string of the molecule is CC1CN(C(c2ccncc2)C(C)N)CC(C)(C)O1. The molecule has 2 N–H and O–H groups in total. The molecule has 1 saturated heterocycles. The highest BCUT2D eigenvalue weighted by atomic mass is 16.5. The summed E-state index contributed by atoms with van der Waals surface area (Å²) in [5.41, 5.74) is 7.33. The highest BCUT2D eigenvalue weighted by Gasteiger charge is 2.36. The second-order valence-electron chi connectivity index (χ2n) is 6.20. The molecule has 1 aromatic rings. The van der Waals surface area contributed by atoms with Gasteiger partial charge in [-0.25, -0.2) is 0 Å². The van der Waals surface area contributed by atoms with Crippen LogP contribution in [0.3, 0.4) is 0 Å². The number of nitrogens with zero attached hydrogens (tertiary/aromatic N) is 2. The Bertz CT molecular complexity index is 405. The molecule has 4 nitrogen and oxygen atoms in total. The lowest BCUT2D eigenvalue weighted by molar-refractivity contribution is -0.139. The summed E-state index contributed by atoms with van der Waals surface area (Å²) in [5, 5.41) is 0. The van der Waals surface area contributed by atoms with Crippen LogP contribution in [0.5, 0.6) is 0 Å². The summed E-state index contributed by atoms with van der Waals surface area (Å²) >= 11 is 0. The summed E-state index contributed by atoms with van der Waals surface area (Å²) in [6, 6.07) is 4.40. The van der Waals surface area contributed by atoms with Crippen molar-refractivity contribution in [3.05, 3.63) is 30.1 Å². The molecule has 1 fully saturated rings. The third-order valence-electron chi connectivity index (χ3n) is 3.53. The Hall–Kier alpha value is -0.970. The molecule has 2 heterocycles. The number of ether oxygens (including phenoxy) is 1. The molecule has 0 aliphatic carbocycles. The van der Waals surface area contributed by atoms with E-state index >= 15 is 0 Å². The molecule has 3 unspecified atom stereocenters. The molecule has 0 radical (unpaired) electrons. The second-order valence-corrected chi connectivity index (χ2v) is 6.20. The van der Waals surface area contributed by atoms with Crippen molar-refractivity contribution in [2.24, 2.45) is 5.73 Å². The number of hydrogen-bond acceptors (Lipinski definition) is 4. The molecule has 1 aliphatic rings. The number of hydrogen-bond donors (Lipinski definition) is 1. The van der Waals surface area contributed by atoms with Crippen LogP contribution in [0.15, 0.2) is 24.5 Å². The van der Waals surface area contributed by atoms with E-state index < -0.39 is 0 Å². The number of pyridine rings is 1. The first kappa shape index (κ1) is 14.4. The minimum absolute atomic E-state index is 0.0727. The van der Waals surface area contributed by atoms with Crippen molar-refractivity contribution in [3.8, 4) is 0 Å². The first-order valence-electron chi connectivity index (χ1n) is 6.96. The van der Waals surface area contributed by atoms with Gasteiger partial charge in [0.2, 0.25) is 0 Å². The standard InChI is InChI=1S/C15H25N3O/c1-11-9-18(10-15(3,4)19-11)14(12(2)16)13-5-7-17-8-6-13/h5-8,11-12,14H,9-10,16H2,1-4H3. The van der Waals surface area contributed by atoms with Gasteiger partial charge in [0.15, 0.2) is 0 Å². The molecule has 19 heavy (non-hydrogen) atoms. The summed E-state index contributed by atoms with van der Waals surface area (Å²) in [6.45, 7) is 10.3. The fourth-order valence-corrected chi connectivity index (χ4v) is 3.12. The summed E-state index contributed by atoms with van der Waals surface area (Å²) in [7, 11) is 0. The number of nitrogens with two attached hydrogens (primary N) is 1. The molecular weight excluding hydrogens is 238 g/mol. The molecule has 0 bridgehead atoms. The van der Waals surface area contributed by atoms with E-state index in [1.165, 1.54) is 5.56 Å². The Kier molecular flexibility index (Phi) is 4.23. The zero-order chi connectivity index (χ0) is 14.0. The van der Waals surface area contributed by atoms with Crippen LogP contribution in [0.25, 0.3) is 0 Å². The van der Waals surface area contributed by atoms with Gasteiger partial charge in [-0.1, -0.05) is 0 Å². The van der Waals surface area contributed by atoms with Crippen molar-refractivity contribution in [1.82, 2.24) is 9.88 Å². The van der Waals surface area contributed by atoms with Crippen LogP contribution in [-0.2, 0) is 4.74 Å². The monoisotopic (exact) mass is 263 g/mol. The van der Waals surface area contributed by atoms with E-state index in [-0.39, 0.29) is 23.8 Å². The first-order chi connectivity index (χ1) is 8.89. The number of aromatic nitrogens is 1. The molecule has 1 aliphatic heterocycles. The topological polar surface area (TPSA) is 51.4 Å². The van der Waals surface area contributed by atoms with Gasteiger partial charge >= 0.3 is 0 Å². The third-order valence-corrected chi connectivity index (χ3v) is 3.53. The van der Waals surface area contributed by atoms with Gasteiger partial charge in [-0.05, 0) is 45.4 Å². The quantitative estimate of drug-likeness (QED) is 0.906. The summed E-state index contributed by atoms with van der Waals surface area (Å²) in [6.07, 6.45) is 3.89. The van der Waals surface area contributed by atoms with Gasteiger partial charge in [0, 0.05) is 37.6 Å². The van der Waals surface area contributed by atoms with Gasteiger partial charge in [-0.2, -0.15) is 0 Å². The molecule has 0 amide bonds. The van der Waals surface area contributed by atoms with E-state index in [0.717, 1.165) is 13.1 Å². The molecule has 3 atom stereocenters. The van der Waals surface area contributed by atoms with Crippen LogP contribution < -0.4 is 5.73 Å². The molecule has 0 saturated carbocycles. The Labute approximate surface area is 116 Å². The Morgan fingerprint density at radius 2 is 2.05 bits per heavy atom. The van der Waals surface area contributed by atoms with Gasteiger partial charge in [-0.15, -0.1) is 0 Å². The normalized spacial score (nSPS) is 26.9. The maximum atomic E-state index is 6.23. The summed E-state index contributed by atoms with van der Waals surface area (Å²) in [4.78, 5) is 6.53. The highest BCUT2D eigenvalue weighted by molar-refractivity contribution is 5.17. The van der Waals surface area contributed by atoms with Gasteiger partial charge in [0.1, 0.15) is 0 Å². The molecule has 2 rings (SSSR count). The van der Waals surface area contributed by atoms with Crippen LogP contribution >= 0.6 is 0 Å². The minimum Gasteiger partial charge on any atom is -0.370 e. The predicted molar refractivity (Wildman–Crippen MR) is 76.8 cm³/mol. The van der Waals surface area contributed by atoms with Gasteiger partial charge < -0.3 is 10.5 Å². The van der Waals surface area contributed by atoms with Gasteiger partial charge in [-0.3, -0.25) is 9.88 Å². The van der Waals surface area contributed by atoms with Crippen molar-refractivity contribution in [2.75, 3.05) is 13.1 Å². The van der Waals surface area contributed by atoms with Crippen molar-refractivity contribution in [3.63, 3.8) is 0 Å². The maximum absolute atomic E-state index is 6.23. The largest absolute Gasteiger partial charge is 0.370 e. The second kappa shape index (κ2) is 5.57. The molecular formula is C15H25N3O. The van der Waals surface area contributed by atoms with Crippen LogP contribution in [-0.4, -0.2) is 40.7 Å². The lowest BCUT2D eigenvalue weighted by Gasteiger charge is -2.46. The fraction of sp³-hybridized carbons (Fsp3) is 0.667. The van der Waals surface area contributed by atoms with E-state index in [9.17, 15) is 0 Å². The zero-order valence-corrected chi connectivity index (χ0v) is 12.3. The highest BCUT2D eigenvalue weighted by Crippen LogP contribution is 2.30. The lowest BCUT2D eigenvalue weighted by atomic mass is 9.96. The molecule has 4 heteroatoms. The van der Waals surface area contributed by atoms with E-state index in [2.05, 4.69) is 49.7 Å².